The summed E-state index contributed by atoms with van der Waals surface area (Å²) in [7, 11) is 3.85. The Morgan fingerprint density at radius 1 is 1.12 bits per heavy atom. The van der Waals surface area contributed by atoms with Gasteiger partial charge in [-0.15, -0.1) is 11.3 Å². The van der Waals surface area contributed by atoms with Crippen LogP contribution in [0, 0.1) is 0 Å². The number of anilines is 1. The van der Waals surface area contributed by atoms with Gasteiger partial charge in [-0.1, -0.05) is 12.1 Å². The summed E-state index contributed by atoms with van der Waals surface area (Å²) in [5, 5.41) is 1.14. The zero-order valence-corrected chi connectivity index (χ0v) is 15.2. The molecule has 0 radical (unpaired) electrons. The fraction of sp³-hybridized carbons (Fsp3) is 0.421. The topological polar surface area (TPSA) is 51.0 Å². The summed E-state index contributed by atoms with van der Waals surface area (Å²) in [5.41, 5.74) is 2.69. The minimum absolute atomic E-state index is 0.253. The summed E-state index contributed by atoms with van der Waals surface area (Å²) in [4.78, 5) is 24.0. The molecule has 0 saturated heterocycles. The molecule has 0 aliphatic heterocycles. The molecule has 0 bridgehead atoms. The third-order valence-electron chi connectivity index (χ3n) is 4.96. The summed E-state index contributed by atoms with van der Waals surface area (Å²) >= 11 is 1.69. The molecule has 1 aromatic carbocycles. The van der Waals surface area contributed by atoms with E-state index >= 15 is 0 Å². The van der Waals surface area contributed by atoms with Gasteiger partial charge in [0, 0.05) is 20.0 Å². The maximum Gasteiger partial charge on any atom is 0.355 e. The highest BCUT2D eigenvalue weighted by Crippen LogP contribution is 2.44. The second-order valence-corrected chi connectivity index (χ2v) is 8.33. The first kappa shape index (κ1) is 15.1. The van der Waals surface area contributed by atoms with Crippen molar-refractivity contribution in [2.24, 2.45) is 0 Å². The molecule has 2 fully saturated rings. The average molecular weight is 352 g/mol. The lowest BCUT2D eigenvalue weighted by Crippen LogP contribution is -2.25. The molecule has 5 nitrogen and oxygen atoms in total. The third kappa shape index (κ3) is 2.56. The van der Waals surface area contributed by atoms with Crippen molar-refractivity contribution in [3.63, 3.8) is 0 Å². The van der Waals surface area contributed by atoms with Crippen molar-refractivity contribution in [3.05, 3.63) is 45.3 Å². The van der Waals surface area contributed by atoms with Crippen LogP contribution >= 0.6 is 11.3 Å². The molecule has 3 aromatic rings. The molecule has 2 heterocycles. The van der Waals surface area contributed by atoms with E-state index in [0.717, 1.165) is 26.9 Å². The highest BCUT2D eigenvalue weighted by molar-refractivity contribution is 7.19. The number of aromatic nitrogens is 3. The van der Waals surface area contributed by atoms with Crippen LogP contribution in [0.1, 0.15) is 48.1 Å². The second kappa shape index (κ2) is 5.39. The molecule has 128 valence electrons. The largest absolute Gasteiger partial charge is 0.361 e. The van der Waals surface area contributed by atoms with Crippen molar-refractivity contribution in [2.75, 3.05) is 19.0 Å². The molecular weight excluding hydrogens is 332 g/mol. The lowest BCUT2D eigenvalue weighted by molar-refractivity contribution is 0.918. The summed E-state index contributed by atoms with van der Waals surface area (Å²) in [6.45, 7) is 0. The zero-order chi connectivity index (χ0) is 17.1. The Balaban J connectivity index is 1.77. The van der Waals surface area contributed by atoms with E-state index in [1.54, 1.807) is 15.9 Å². The van der Waals surface area contributed by atoms with Crippen LogP contribution in [0.5, 0.6) is 0 Å². The van der Waals surface area contributed by atoms with Crippen LogP contribution in [-0.2, 0) is 0 Å². The minimum atomic E-state index is -0.253. The minimum Gasteiger partial charge on any atom is -0.361 e. The van der Waals surface area contributed by atoms with E-state index in [0.29, 0.717) is 11.8 Å². The lowest BCUT2D eigenvalue weighted by atomic mass is 10.1. The van der Waals surface area contributed by atoms with Crippen molar-refractivity contribution in [3.8, 4) is 5.69 Å². The van der Waals surface area contributed by atoms with Gasteiger partial charge in [-0.25, -0.2) is 14.3 Å². The quantitative estimate of drug-likeness (QED) is 0.719. The Hall–Kier alpha value is -2.21. The van der Waals surface area contributed by atoms with Crippen LogP contribution in [0.25, 0.3) is 16.0 Å². The third-order valence-corrected chi connectivity index (χ3v) is 6.16. The first-order chi connectivity index (χ1) is 12.1. The van der Waals surface area contributed by atoms with E-state index in [2.05, 4.69) is 17.1 Å². The monoisotopic (exact) mass is 352 g/mol. The summed E-state index contributed by atoms with van der Waals surface area (Å²) in [6.07, 6.45) is 4.89. The van der Waals surface area contributed by atoms with E-state index in [-0.39, 0.29) is 5.69 Å². The van der Waals surface area contributed by atoms with Gasteiger partial charge in [0.05, 0.1) is 10.7 Å². The van der Waals surface area contributed by atoms with Crippen molar-refractivity contribution in [1.29, 1.82) is 0 Å². The average Bonchev–Trinajstić information content (AvgIpc) is 3.51. The van der Waals surface area contributed by atoms with E-state index in [4.69, 9.17) is 4.98 Å². The molecule has 5 rings (SSSR count). The smallest absolute Gasteiger partial charge is 0.355 e. The maximum atomic E-state index is 12.8. The molecular formula is C19H20N4OS. The van der Waals surface area contributed by atoms with Gasteiger partial charge in [0.15, 0.2) is 11.5 Å². The lowest BCUT2D eigenvalue weighted by Gasteiger charge is -2.14. The van der Waals surface area contributed by atoms with Crippen LogP contribution in [0.4, 0.5) is 5.82 Å². The molecule has 0 amide bonds. The van der Waals surface area contributed by atoms with E-state index < -0.39 is 0 Å². The van der Waals surface area contributed by atoms with Gasteiger partial charge in [-0.05, 0) is 49.3 Å². The second-order valence-electron chi connectivity index (χ2n) is 7.30. The molecule has 2 aliphatic rings. The molecule has 0 atom stereocenters. The predicted molar refractivity (Wildman–Crippen MR) is 101 cm³/mol. The van der Waals surface area contributed by atoms with Crippen LogP contribution in [0.3, 0.4) is 0 Å². The molecule has 2 aliphatic carbocycles. The predicted octanol–water partition coefficient (Wildman–Crippen LogP) is 3.66. The Bertz CT molecular complexity index is 1030. The van der Waals surface area contributed by atoms with Gasteiger partial charge < -0.3 is 4.90 Å². The van der Waals surface area contributed by atoms with Gasteiger partial charge in [0.25, 0.3) is 0 Å². The molecule has 0 spiro atoms. The Morgan fingerprint density at radius 3 is 2.56 bits per heavy atom. The van der Waals surface area contributed by atoms with Crippen molar-refractivity contribution >= 4 is 27.5 Å². The summed E-state index contributed by atoms with van der Waals surface area (Å²) < 4.78 is 2.69. The van der Waals surface area contributed by atoms with Gasteiger partial charge in [0.1, 0.15) is 4.70 Å². The van der Waals surface area contributed by atoms with Crippen LogP contribution < -0.4 is 10.6 Å². The summed E-state index contributed by atoms with van der Waals surface area (Å²) in [6, 6.07) is 8.31. The number of thiazole rings is 1. The number of hydrogen-bond donors (Lipinski definition) is 0. The van der Waals surface area contributed by atoms with Gasteiger partial charge in [0.2, 0.25) is 0 Å². The summed E-state index contributed by atoms with van der Waals surface area (Å²) in [5.74, 6) is 1.94. The molecule has 0 N–H and O–H groups in total. The van der Waals surface area contributed by atoms with Gasteiger partial charge in [-0.2, -0.15) is 4.98 Å². The number of benzene rings is 1. The van der Waals surface area contributed by atoms with Crippen molar-refractivity contribution in [1.82, 2.24) is 14.5 Å². The standard InChI is InChI=1S/C19H20N4OS/c1-22(2)16-15-17(20-18(25-15)12-8-9-12)23(19(24)21-16)14-5-3-4-13(10-14)11-6-7-11/h3-5,10-12H,6-9H2,1-2H3. The van der Waals surface area contributed by atoms with E-state index in [9.17, 15) is 4.79 Å². The van der Waals surface area contributed by atoms with Crippen LogP contribution in [0.2, 0.25) is 0 Å². The maximum absolute atomic E-state index is 12.8. The van der Waals surface area contributed by atoms with Crippen molar-refractivity contribution in [2.45, 2.75) is 37.5 Å². The fourth-order valence-corrected chi connectivity index (χ4v) is 4.57. The van der Waals surface area contributed by atoms with Crippen LogP contribution in [-0.4, -0.2) is 28.6 Å². The Morgan fingerprint density at radius 2 is 1.88 bits per heavy atom. The normalized spacial score (nSPS) is 17.2. The van der Waals surface area contributed by atoms with E-state index in [1.807, 2.05) is 31.1 Å². The Kier molecular flexibility index (Phi) is 3.25. The first-order valence-corrected chi connectivity index (χ1v) is 9.64. The van der Waals surface area contributed by atoms with Crippen LogP contribution in [0.15, 0.2) is 29.1 Å². The molecule has 2 saturated carbocycles. The van der Waals surface area contributed by atoms with Gasteiger partial charge in [-0.3, -0.25) is 0 Å². The first-order valence-electron chi connectivity index (χ1n) is 8.83. The highest BCUT2D eigenvalue weighted by Gasteiger charge is 2.29. The number of rotatable bonds is 4. The van der Waals surface area contributed by atoms with Crippen molar-refractivity contribution < 1.29 is 0 Å². The molecule has 6 heteroatoms. The Labute approximate surface area is 150 Å². The van der Waals surface area contributed by atoms with E-state index in [1.165, 1.54) is 31.2 Å². The highest BCUT2D eigenvalue weighted by atomic mass is 32.1. The molecule has 2 aromatic heterocycles. The molecule has 25 heavy (non-hydrogen) atoms. The number of fused-ring (bicyclic) bond motifs is 1. The molecule has 0 unspecified atom stereocenters. The number of hydrogen-bond acceptors (Lipinski definition) is 5. The van der Waals surface area contributed by atoms with Gasteiger partial charge >= 0.3 is 5.69 Å². The fourth-order valence-electron chi connectivity index (χ4n) is 3.28. The zero-order valence-electron chi connectivity index (χ0n) is 14.4. The number of nitrogens with zero attached hydrogens (tertiary/aromatic N) is 4. The SMILES string of the molecule is CN(C)c1nc(=O)n(-c2cccc(C3CC3)c2)c2nc(C3CC3)sc12.